The summed E-state index contributed by atoms with van der Waals surface area (Å²) < 4.78 is 0. The maximum atomic E-state index is 10.9. The Morgan fingerprint density at radius 2 is 2.05 bits per heavy atom. The number of aromatic nitrogens is 1. The van der Waals surface area contributed by atoms with E-state index in [9.17, 15) is 4.79 Å². The fourth-order valence-corrected chi connectivity index (χ4v) is 3.46. The first-order valence-corrected chi connectivity index (χ1v) is 7.55. The van der Waals surface area contributed by atoms with E-state index in [4.69, 9.17) is 5.11 Å². The zero-order valence-corrected chi connectivity index (χ0v) is 12.0. The predicted molar refractivity (Wildman–Crippen MR) is 83.5 cm³/mol. The Kier molecular flexibility index (Phi) is 3.40. The van der Waals surface area contributed by atoms with Crippen LogP contribution in [0.15, 0.2) is 41.3 Å². The van der Waals surface area contributed by atoms with Crippen LogP contribution in [0, 0.1) is 0 Å². The van der Waals surface area contributed by atoms with E-state index in [2.05, 4.69) is 18.0 Å². The third kappa shape index (κ3) is 2.27. The molecule has 0 aliphatic rings. The van der Waals surface area contributed by atoms with Gasteiger partial charge in [0.1, 0.15) is 0 Å². The Balaban J connectivity index is 2.29. The van der Waals surface area contributed by atoms with Crippen molar-refractivity contribution in [3.8, 4) is 0 Å². The molecule has 102 valence electrons. The number of carboxylic acids is 1. The van der Waals surface area contributed by atoms with Crippen molar-refractivity contribution in [1.82, 2.24) is 4.98 Å². The lowest BCUT2D eigenvalue weighted by Gasteiger charge is -2.05. The van der Waals surface area contributed by atoms with Crippen LogP contribution in [0.25, 0.3) is 21.8 Å². The standard InChI is InChI=1S/C16H15NO2S/c1-2-20-14-8-10(9-15(18)19)7-13-16(14)11-5-3-4-6-12(11)17-13/h3-8,17H,2,9H2,1H3,(H,18,19). The van der Waals surface area contributed by atoms with Gasteiger partial charge in [-0.25, -0.2) is 0 Å². The van der Waals surface area contributed by atoms with Gasteiger partial charge in [-0.2, -0.15) is 0 Å². The molecule has 0 fully saturated rings. The van der Waals surface area contributed by atoms with Gasteiger partial charge in [-0.3, -0.25) is 4.79 Å². The molecule has 3 aromatic rings. The number of aliphatic carboxylic acids is 1. The summed E-state index contributed by atoms with van der Waals surface area (Å²) in [5.74, 6) is 0.165. The Morgan fingerprint density at radius 1 is 1.25 bits per heavy atom. The van der Waals surface area contributed by atoms with E-state index in [1.807, 2.05) is 30.3 Å². The first kappa shape index (κ1) is 13.1. The van der Waals surface area contributed by atoms with Crippen molar-refractivity contribution in [1.29, 1.82) is 0 Å². The lowest BCUT2D eigenvalue weighted by molar-refractivity contribution is -0.136. The highest BCUT2D eigenvalue weighted by Crippen LogP contribution is 2.35. The smallest absolute Gasteiger partial charge is 0.307 e. The second-order valence-corrected chi connectivity index (χ2v) is 6.00. The number of carboxylic acid groups (broad SMARTS) is 1. The zero-order chi connectivity index (χ0) is 14.1. The van der Waals surface area contributed by atoms with Crippen LogP contribution in [-0.2, 0) is 11.2 Å². The Morgan fingerprint density at radius 3 is 2.80 bits per heavy atom. The molecular formula is C16H15NO2S. The number of hydrogen-bond donors (Lipinski definition) is 2. The van der Waals surface area contributed by atoms with Gasteiger partial charge in [-0.15, -0.1) is 11.8 Å². The summed E-state index contributed by atoms with van der Waals surface area (Å²) in [6, 6.07) is 12.1. The molecule has 4 heteroatoms. The van der Waals surface area contributed by atoms with Crippen molar-refractivity contribution in [3.63, 3.8) is 0 Å². The number of aromatic amines is 1. The third-order valence-corrected chi connectivity index (χ3v) is 4.20. The van der Waals surface area contributed by atoms with E-state index in [1.165, 1.54) is 10.8 Å². The van der Waals surface area contributed by atoms with E-state index in [1.54, 1.807) is 11.8 Å². The highest BCUT2D eigenvalue weighted by molar-refractivity contribution is 7.99. The van der Waals surface area contributed by atoms with Crippen LogP contribution in [0.3, 0.4) is 0 Å². The third-order valence-electron chi connectivity index (χ3n) is 3.28. The summed E-state index contributed by atoms with van der Waals surface area (Å²) in [5.41, 5.74) is 2.95. The number of rotatable bonds is 4. The number of fused-ring (bicyclic) bond motifs is 3. The molecule has 2 aromatic carbocycles. The van der Waals surface area contributed by atoms with Crippen LogP contribution in [0.5, 0.6) is 0 Å². The molecule has 0 aliphatic carbocycles. The first-order valence-electron chi connectivity index (χ1n) is 6.57. The normalized spacial score (nSPS) is 11.2. The first-order chi connectivity index (χ1) is 9.69. The highest BCUT2D eigenvalue weighted by Gasteiger charge is 2.12. The number of para-hydroxylation sites is 1. The Bertz CT molecular complexity index is 792. The maximum absolute atomic E-state index is 10.9. The maximum Gasteiger partial charge on any atom is 0.307 e. The molecule has 0 atom stereocenters. The van der Waals surface area contributed by atoms with E-state index >= 15 is 0 Å². The van der Waals surface area contributed by atoms with Gasteiger partial charge in [0.25, 0.3) is 0 Å². The topological polar surface area (TPSA) is 53.1 Å². The van der Waals surface area contributed by atoms with Crippen molar-refractivity contribution in [2.75, 3.05) is 5.75 Å². The molecule has 3 rings (SSSR count). The second kappa shape index (κ2) is 5.21. The SMILES string of the molecule is CCSc1cc(CC(=O)O)cc2[nH]c3ccccc3c12. The second-order valence-electron chi connectivity index (χ2n) is 4.69. The van der Waals surface area contributed by atoms with Gasteiger partial charge < -0.3 is 10.1 Å². The van der Waals surface area contributed by atoms with Crippen molar-refractivity contribution in [2.45, 2.75) is 18.2 Å². The van der Waals surface area contributed by atoms with Crippen molar-refractivity contribution >= 4 is 39.5 Å². The van der Waals surface area contributed by atoms with Crippen LogP contribution in [0.4, 0.5) is 0 Å². The summed E-state index contributed by atoms with van der Waals surface area (Å²) in [6.07, 6.45) is 0.0581. The molecule has 0 saturated carbocycles. The van der Waals surface area contributed by atoms with Crippen molar-refractivity contribution in [3.05, 3.63) is 42.0 Å². The molecule has 2 N–H and O–H groups in total. The predicted octanol–water partition coefficient (Wildman–Crippen LogP) is 4.06. The number of carbonyl (C=O) groups is 1. The number of H-pyrrole nitrogens is 1. The van der Waals surface area contributed by atoms with Crippen LogP contribution in [-0.4, -0.2) is 21.8 Å². The number of hydrogen-bond acceptors (Lipinski definition) is 2. The molecular weight excluding hydrogens is 270 g/mol. The fourth-order valence-electron chi connectivity index (χ4n) is 2.55. The molecule has 0 bridgehead atoms. The van der Waals surface area contributed by atoms with Gasteiger partial charge in [0.2, 0.25) is 0 Å². The van der Waals surface area contributed by atoms with Gasteiger partial charge in [-0.1, -0.05) is 25.1 Å². The molecule has 0 spiro atoms. The number of nitrogens with one attached hydrogen (secondary N) is 1. The summed E-state index contributed by atoms with van der Waals surface area (Å²) >= 11 is 1.75. The Labute approximate surface area is 121 Å². The Hall–Kier alpha value is -1.94. The molecule has 1 aromatic heterocycles. The summed E-state index contributed by atoms with van der Waals surface area (Å²) in [6.45, 7) is 2.11. The molecule has 20 heavy (non-hydrogen) atoms. The summed E-state index contributed by atoms with van der Waals surface area (Å²) in [5, 5.41) is 11.4. The van der Waals surface area contributed by atoms with Crippen LogP contribution in [0.1, 0.15) is 12.5 Å². The molecule has 0 aliphatic heterocycles. The molecule has 0 amide bonds. The van der Waals surface area contributed by atoms with Gasteiger partial charge in [0, 0.05) is 26.7 Å². The molecule has 3 nitrogen and oxygen atoms in total. The van der Waals surface area contributed by atoms with Gasteiger partial charge in [0.05, 0.1) is 6.42 Å². The lowest BCUT2D eigenvalue weighted by Crippen LogP contribution is -2.00. The van der Waals surface area contributed by atoms with E-state index in [-0.39, 0.29) is 6.42 Å². The van der Waals surface area contributed by atoms with Crippen molar-refractivity contribution in [2.24, 2.45) is 0 Å². The highest BCUT2D eigenvalue weighted by atomic mass is 32.2. The number of thioether (sulfide) groups is 1. The van der Waals surface area contributed by atoms with Gasteiger partial charge >= 0.3 is 5.97 Å². The van der Waals surface area contributed by atoms with E-state index in [0.29, 0.717) is 0 Å². The van der Waals surface area contributed by atoms with Gasteiger partial charge in [0.15, 0.2) is 0 Å². The molecule has 0 saturated heterocycles. The van der Waals surface area contributed by atoms with Crippen LogP contribution in [0.2, 0.25) is 0 Å². The van der Waals surface area contributed by atoms with E-state index in [0.717, 1.165) is 27.2 Å². The molecule has 1 heterocycles. The largest absolute Gasteiger partial charge is 0.481 e. The van der Waals surface area contributed by atoms with E-state index < -0.39 is 5.97 Å². The van der Waals surface area contributed by atoms with Crippen LogP contribution < -0.4 is 0 Å². The number of benzene rings is 2. The average molecular weight is 285 g/mol. The summed E-state index contributed by atoms with van der Waals surface area (Å²) in [4.78, 5) is 15.5. The quantitative estimate of drug-likeness (QED) is 0.711. The van der Waals surface area contributed by atoms with Gasteiger partial charge in [-0.05, 0) is 29.5 Å². The van der Waals surface area contributed by atoms with Crippen molar-refractivity contribution < 1.29 is 9.90 Å². The minimum Gasteiger partial charge on any atom is -0.481 e. The van der Waals surface area contributed by atoms with Crippen LogP contribution >= 0.6 is 11.8 Å². The minimum absolute atomic E-state index is 0.0581. The molecule has 0 radical (unpaired) electrons. The fraction of sp³-hybridized carbons (Fsp3) is 0.188. The lowest BCUT2D eigenvalue weighted by atomic mass is 10.1. The monoisotopic (exact) mass is 285 g/mol. The summed E-state index contributed by atoms with van der Waals surface area (Å²) in [7, 11) is 0. The molecule has 0 unspecified atom stereocenters. The minimum atomic E-state index is -0.798. The zero-order valence-electron chi connectivity index (χ0n) is 11.1. The average Bonchev–Trinajstić information content (AvgIpc) is 2.76.